The Morgan fingerprint density at radius 3 is 2.26 bits per heavy atom. The lowest BCUT2D eigenvalue weighted by molar-refractivity contribution is -0.147. The maximum absolute atomic E-state index is 13.0. The summed E-state index contributed by atoms with van der Waals surface area (Å²) in [6.07, 6.45) is 0.00438. The summed E-state index contributed by atoms with van der Waals surface area (Å²) >= 11 is 0. The lowest BCUT2D eigenvalue weighted by Crippen LogP contribution is -2.45. The number of hydrogen-bond acceptors (Lipinski definition) is 12. The third-order valence-electron chi connectivity index (χ3n) is 6.04. The molecule has 0 unspecified atom stereocenters. The summed E-state index contributed by atoms with van der Waals surface area (Å²) in [5.74, 6) is -4.59. The van der Waals surface area contributed by atoms with E-state index in [0.717, 1.165) is 37.1 Å². The number of sulfonamides is 1. The number of esters is 1. The number of imide groups is 1. The zero-order valence-electron chi connectivity index (χ0n) is 24.6. The molecule has 15 nitrogen and oxygen atoms in total. The number of nitrogens with two attached hydrogens (primary N) is 1. The number of nitrogens with zero attached hydrogens (tertiary/aromatic N) is 2. The van der Waals surface area contributed by atoms with Gasteiger partial charge in [0.2, 0.25) is 5.91 Å². The number of carbonyl (C=O) groups excluding carboxylic acids is 5. The van der Waals surface area contributed by atoms with Gasteiger partial charge in [0.15, 0.2) is 5.75 Å². The van der Waals surface area contributed by atoms with E-state index in [1.54, 1.807) is 12.1 Å². The van der Waals surface area contributed by atoms with Crippen molar-refractivity contribution in [3.05, 3.63) is 83.3 Å². The standard InChI is InChI=1S/C29H30FN5O10S/c1-3-44-25(37)17-35(24(36)15-31)29(40)45-28-23(43-2)14-20(16-33-28)27(39)34-46(41,42)22-10-6-19(7-11-22)26(38)32-13-12-18-4-8-21(30)9-5-18/h4-11,14,16H,3,12-13,15,17,31H2,1-2H3,(H,32,38)(H,34,39). The monoisotopic (exact) mass is 659 g/mol. The zero-order valence-corrected chi connectivity index (χ0v) is 25.5. The molecule has 0 saturated carbocycles. The van der Waals surface area contributed by atoms with Crippen LogP contribution in [0.2, 0.25) is 0 Å². The van der Waals surface area contributed by atoms with Gasteiger partial charge in [-0.25, -0.2) is 32.2 Å². The van der Waals surface area contributed by atoms with Crippen LogP contribution in [-0.2, 0) is 30.8 Å². The highest BCUT2D eigenvalue weighted by Crippen LogP contribution is 2.26. The Labute approximate surface area is 262 Å². The number of pyridine rings is 1. The number of ether oxygens (including phenoxy) is 3. The van der Waals surface area contributed by atoms with E-state index in [4.69, 9.17) is 19.9 Å². The normalized spacial score (nSPS) is 10.8. The molecule has 1 heterocycles. The Balaban J connectivity index is 1.65. The number of hydrogen-bond donors (Lipinski definition) is 3. The van der Waals surface area contributed by atoms with Gasteiger partial charge in [0.1, 0.15) is 12.4 Å². The minimum Gasteiger partial charge on any atom is -0.491 e. The fourth-order valence-corrected chi connectivity index (χ4v) is 4.69. The highest BCUT2D eigenvalue weighted by atomic mass is 32.2. The van der Waals surface area contributed by atoms with E-state index in [1.807, 2.05) is 4.72 Å². The number of halogens is 1. The molecule has 2 aromatic carbocycles. The van der Waals surface area contributed by atoms with Crippen LogP contribution in [0.1, 0.15) is 33.2 Å². The quantitative estimate of drug-likeness (QED) is 0.221. The highest BCUT2D eigenvalue weighted by molar-refractivity contribution is 7.90. The van der Waals surface area contributed by atoms with E-state index >= 15 is 0 Å². The van der Waals surface area contributed by atoms with E-state index in [9.17, 15) is 36.8 Å². The van der Waals surface area contributed by atoms with Crippen molar-refractivity contribution < 1.29 is 51.0 Å². The second kappa shape index (κ2) is 16.1. The van der Waals surface area contributed by atoms with Gasteiger partial charge < -0.3 is 25.3 Å². The third-order valence-corrected chi connectivity index (χ3v) is 7.39. The first kappa shape index (κ1) is 35.1. The minimum absolute atomic E-state index is 0.00327. The highest BCUT2D eigenvalue weighted by Gasteiger charge is 2.28. The number of amides is 4. The van der Waals surface area contributed by atoms with E-state index < -0.39 is 58.8 Å². The van der Waals surface area contributed by atoms with Gasteiger partial charge in [-0.05, 0) is 55.3 Å². The molecule has 4 amide bonds. The van der Waals surface area contributed by atoms with Crippen LogP contribution >= 0.6 is 0 Å². The average molecular weight is 660 g/mol. The van der Waals surface area contributed by atoms with Crippen molar-refractivity contribution in [2.24, 2.45) is 5.73 Å². The van der Waals surface area contributed by atoms with Crippen LogP contribution in [0.3, 0.4) is 0 Å². The van der Waals surface area contributed by atoms with Gasteiger partial charge in [-0.2, -0.15) is 0 Å². The maximum atomic E-state index is 13.0. The predicted octanol–water partition coefficient (Wildman–Crippen LogP) is 1.17. The van der Waals surface area contributed by atoms with Crippen LogP contribution in [0.5, 0.6) is 11.6 Å². The van der Waals surface area contributed by atoms with Gasteiger partial charge in [-0.3, -0.25) is 19.2 Å². The lowest BCUT2D eigenvalue weighted by Gasteiger charge is -2.19. The SMILES string of the molecule is CCOC(=O)CN(C(=O)CN)C(=O)Oc1ncc(C(=O)NS(=O)(=O)c2ccc(C(=O)NCCc3ccc(F)cc3)cc2)cc1OC. The molecule has 0 aliphatic carbocycles. The summed E-state index contributed by atoms with van der Waals surface area (Å²) in [5, 5.41) is 2.68. The number of aromatic nitrogens is 1. The number of nitrogens with one attached hydrogen (secondary N) is 2. The molecule has 0 bridgehead atoms. The van der Waals surface area contributed by atoms with Crippen LogP contribution in [0.4, 0.5) is 9.18 Å². The Hall–Kier alpha value is -5.42. The number of methoxy groups -OCH3 is 1. The number of benzene rings is 2. The van der Waals surface area contributed by atoms with Crippen LogP contribution in [0, 0.1) is 5.82 Å². The number of carbonyl (C=O) groups is 5. The Bertz CT molecular complexity index is 1700. The molecule has 46 heavy (non-hydrogen) atoms. The van der Waals surface area contributed by atoms with Gasteiger partial charge in [-0.15, -0.1) is 0 Å². The van der Waals surface area contributed by atoms with Crippen molar-refractivity contribution in [1.29, 1.82) is 0 Å². The fraction of sp³-hybridized carbons (Fsp3) is 0.241. The van der Waals surface area contributed by atoms with Crippen molar-refractivity contribution in [1.82, 2.24) is 19.9 Å². The lowest BCUT2D eigenvalue weighted by atomic mass is 10.1. The summed E-state index contributed by atoms with van der Waals surface area (Å²) in [5.41, 5.74) is 5.98. The average Bonchev–Trinajstić information content (AvgIpc) is 3.04. The smallest absolute Gasteiger partial charge is 0.424 e. The van der Waals surface area contributed by atoms with E-state index in [1.165, 1.54) is 31.2 Å². The third kappa shape index (κ3) is 9.54. The molecule has 3 rings (SSSR count). The van der Waals surface area contributed by atoms with Crippen LogP contribution < -0.4 is 25.2 Å². The summed E-state index contributed by atoms with van der Waals surface area (Å²) in [6, 6.07) is 11.7. The summed E-state index contributed by atoms with van der Waals surface area (Å²) in [7, 11) is -3.26. The molecule has 0 saturated heterocycles. The summed E-state index contributed by atoms with van der Waals surface area (Å²) in [4.78, 5) is 65.6. The molecule has 0 fully saturated rings. The van der Waals surface area contributed by atoms with E-state index in [-0.39, 0.29) is 40.7 Å². The molecule has 244 valence electrons. The molecule has 0 aliphatic heterocycles. The first-order valence-electron chi connectivity index (χ1n) is 13.5. The van der Waals surface area contributed by atoms with Crippen molar-refractivity contribution in [3.8, 4) is 11.6 Å². The van der Waals surface area contributed by atoms with Gasteiger partial charge in [0.25, 0.3) is 27.7 Å². The molecule has 4 N–H and O–H groups in total. The molecular weight excluding hydrogens is 629 g/mol. The molecule has 0 spiro atoms. The maximum Gasteiger partial charge on any atom is 0.424 e. The summed E-state index contributed by atoms with van der Waals surface area (Å²) < 4.78 is 55.5. The van der Waals surface area contributed by atoms with Gasteiger partial charge in [-0.1, -0.05) is 12.1 Å². The van der Waals surface area contributed by atoms with Gasteiger partial charge >= 0.3 is 12.1 Å². The molecule has 0 aliphatic rings. The van der Waals surface area contributed by atoms with E-state index in [2.05, 4.69) is 10.3 Å². The minimum atomic E-state index is -4.41. The van der Waals surface area contributed by atoms with Crippen LogP contribution in [-0.4, -0.2) is 81.4 Å². The molecular formula is C29H30FN5O10S. The second-order valence-electron chi connectivity index (χ2n) is 9.18. The van der Waals surface area contributed by atoms with Crippen molar-refractivity contribution in [2.75, 3.05) is 33.4 Å². The topological polar surface area (TPSA) is 213 Å². The Kier molecular flexibility index (Phi) is 12.2. The molecule has 3 aromatic rings. The fourth-order valence-electron chi connectivity index (χ4n) is 3.72. The van der Waals surface area contributed by atoms with Gasteiger partial charge in [0.05, 0.1) is 30.7 Å². The van der Waals surface area contributed by atoms with Crippen molar-refractivity contribution in [3.63, 3.8) is 0 Å². The van der Waals surface area contributed by atoms with Crippen molar-refractivity contribution in [2.45, 2.75) is 18.2 Å². The van der Waals surface area contributed by atoms with Crippen LogP contribution in [0.15, 0.2) is 65.7 Å². The Morgan fingerprint density at radius 2 is 1.65 bits per heavy atom. The van der Waals surface area contributed by atoms with Gasteiger partial charge in [0, 0.05) is 24.4 Å². The zero-order chi connectivity index (χ0) is 33.9. The molecule has 1 aromatic heterocycles. The van der Waals surface area contributed by atoms with Crippen molar-refractivity contribution >= 4 is 39.8 Å². The second-order valence-corrected chi connectivity index (χ2v) is 10.9. The summed E-state index contributed by atoms with van der Waals surface area (Å²) in [6.45, 7) is 0.375. The first-order valence-corrected chi connectivity index (χ1v) is 15.0. The number of rotatable bonds is 13. The first-order chi connectivity index (χ1) is 21.9. The van der Waals surface area contributed by atoms with E-state index in [0.29, 0.717) is 11.3 Å². The molecule has 0 radical (unpaired) electrons. The Morgan fingerprint density at radius 1 is 0.978 bits per heavy atom. The molecule has 0 atom stereocenters. The predicted molar refractivity (Wildman–Crippen MR) is 158 cm³/mol. The van der Waals surface area contributed by atoms with Crippen LogP contribution in [0.25, 0.3) is 0 Å². The largest absolute Gasteiger partial charge is 0.491 e. The molecule has 17 heteroatoms.